The molecule has 5 heteroatoms. The summed E-state index contributed by atoms with van der Waals surface area (Å²) in [4.78, 5) is 6.04. The molecule has 0 N–H and O–H groups in total. The van der Waals surface area contributed by atoms with E-state index in [0.29, 0.717) is 0 Å². The van der Waals surface area contributed by atoms with E-state index in [1.165, 1.54) is 41.9 Å². The minimum atomic E-state index is -1.01. The molecule has 7 aromatic carbocycles. The van der Waals surface area contributed by atoms with E-state index in [1.807, 2.05) is 0 Å². The molecule has 4 nitrogen and oxygen atoms in total. The maximum Gasteiger partial charge on any atom is 0.150 e. The molecule has 4 heterocycles. The fourth-order valence-corrected chi connectivity index (χ4v) is 10.5. The molecule has 0 saturated heterocycles. The van der Waals surface area contributed by atoms with Gasteiger partial charge in [0.1, 0.15) is 22.7 Å². The summed E-state index contributed by atoms with van der Waals surface area (Å²) in [5, 5.41) is 4.80. The summed E-state index contributed by atoms with van der Waals surface area (Å²) >= 11 is 0. The first-order valence-electron chi connectivity index (χ1n) is 15.9. The summed E-state index contributed by atoms with van der Waals surface area (Å²) in [5.41, 5.74) is 8.68. The van der Waals surface area contributed by atoms with Gasteiger partial charge in [0.15, 0.2) is 0 Å². The lowest BCUT2D eigenvalue weighted by atomic mass is 10.1. The standard InChI is InChI=1S/C42H26N2O2S/c1-3-13-26(14-4-1)43(27-15-5-2-6-16-27)28-23-34-41-37(24-28)45-36-21-11-12-22-38(36)47(41)42-39-31(29-17-7-9-19-33(29)44(34)39)25-32-30-18-8-10-20-35(30)46-40(32)42/h1-25,47H. The molecule has 2 aliphatic heterocycles. The van der Waals surface area contributed by atoms with Crippen LogP contribution in [0.5, 0.6) is 11.5 Å². The van der Waals surface area contributed by atoms with Crippen molar-refractivity contribution in [2.75, 3.05) is 4.90 Å². The number of fused-ring (bicyclic) bond motifs is 11. The van der Waals surface area contributed by atoms with E-state index < -0.39 is 10.9 Å². The number of thiol groups is 1. The molecule has 1 unspecified atom stereocenters. The molecule has 11 rings (SSSR count). The van der Waals surface area contributed by atoms with Crippen molar-refractivity contribution in [3.63, 3.8) is 0 Å². The summed E-state index contributed by atoms with van der Waals surface area (Å²) in [6, 6.07) is 53.9. The van der Waals surface area contributed by atoms with E-state index in [0.717, 1.165) is 50.8 Å². The third kappa shape index (κ3) is 3.38. The van der Waals surface area contributed by atoms with E-state index >= 15 is 0 Å². The van der Waals surface area contributed by atoms with Gasteiger partial charge in [0, 0.05) is 43.9 Å². The number of nitrogens with zero attached hydrogens (tertiary/aromatic N) is 2. The SMILES string of the molecule is c1ccc(N(c2ccccc2)c2cc3c4c(c2)-n2c5ccccc5c5cc6c(oc7ccccc76)c(c52)[SH]4c2ccccc2O3)cc1. The Morgan fingerprint density at radius 3 is 2.00 bits per heavy atom. The topological polar surface area (TPSA) is 30.5 Å². The van der Waals surface area contributed by atoms with Crippen molar-refractivity contribution in [1.82, 2.24) is 4.57 Å². The molecule has 0 saturated carbocycles. The van der Waals surface area contributed by atoms with E-state index in [9.17, 15) is 0 Å². The molecule has 0 aliphatic carbocycles. The zero-order valence-electron chi connectivity index (χ0n) is 25.1. The third-order valence-corrected chi connectivity index (χ3v) is 12.2. The Balaban J connectivity index is 1.32. The lowest BCUT2D eigenvalue weighted by Crippen LogP contribution is -2.15. The van der Waals surface area contributed by atoms with Crippen LogP contribution >= 0.6 is 10.9 Å². The molecule has 0 spiro atoms. The van der Waals surface area contributed by atoms with Crippen LogP contribution in [-0.4, -0.2) is 4.57 Å². The lowest BCUT2D eigenvalue weighted by Gasteiger charge is -2.38. The first-order chi connectivity index (χ1) is 23.3. The molecule has 9 aromatic rings. The smallest absolute Gasteiger partial charge is 0.150 e. The van der Waals surface area contributed by atoms with Crippen molar-refractivity contribution in [3.05, 3.63) is 152 Å². The van der Waals surface area contributed by atoms with Crippen LogP contribution in [0, 0.1) is 0 Å². The number of ether oxygens (including phenoxy) is 1. The highest BCUT2D eigenvalue weighted by Crippen LogP contribution is 2.69. The van der Waals surface area contributed by atoms with Gasteiger partial charge in [-0.1, -0.05) is 84.9 Å². The number of aromatic nitrogens is 1. The van der Waals surface area contributed by atoms with Gasteiger partial charge in [-0.25, -0.2) is 0 Å². The predicted molar refractivity (Wildman–Crippen MR) is 193 cm³/mol. The van der Waals surface area contributed by atoms with Crippen LogP contribution < -0.4 is 9.64 Å². The zero-order chi connectivity index (χ0) is 30.6. The van der Waals surface area contributed by atoms with Crippen molar-refractivity contribution < 1.29 is 9.15 Å². The highest BCUT2D eigenvalue weighted by atomic mass is 32.2. The molecule has 222 valence electrons. The lowest BCUT2D eigenvalue weighted by molar-refractivity contribution is 0.453. The zero-order valence-corrected chi connectivity index (χ0v) is 26.0. The summed E-state index contributed by atoms with van der Waals surface area (Å²) in [6.45, 7) is 0. The highest BCUT2D eigenvalue weighted by molar-refractivity contribution is 8.17. The molecule has 1 atom stereocenters. The van der Waals surface area contributed by atoms with Gasteiger partial charge in [-0.15, -0.1) is 0 Å². The quantitative estimate of drug-likeness (QED) is 0.199. The number of benzene rings is 7. The summed E-state index contributed by atoms with van der Waals surface area (Å²) in [6.07, 6.45) is 0. The van der Waals surface area contributed by atoms with Gasteiger partial charge in [0.05, 0.1) is 32.2 Å². The Kier molecular flexibility index (Phi) is 5.02. The fourth-order valence-electron chi connectivity index (χ4n) is 7.72. The Morgan fingerprint density at radius 2 is 1.19 bits per heavy atom. The first kappa shape index (κ1) is 25.3. The number of hydrogen-bond acceptors (Lipinski definition) is 3. The summed E-state index contributed by atoms with van der Waals surface area (Å²) in [5.74, 6) is 1.80. The van der Waals surface area contributed by atoms with Crippen molar-refractivity contribution in [2.45, 2.75) is 14.7 Å². The third-order valence-electron chi connectivity index (χ3n) is 9.62. The second kappa shape index (κ2) is 9.32. The van der Waals surface area contributed by atoms with Gasteiger partial charge in [-0.2, -0.15) is 10.9 Å². The van der Waals surface area contributed by atoms with Crippen LogP contribution in [0.4, 0.5) is 17.1 Å². The van der Waals surface area contributed by atoms with Gasteiger partial charge in [-0.3, -0.25) is 0 Å². The van der Waals surface area contributed by atoms with Crippen LogP contribution in [0.15, 0.2) is 171 Å². The van der Waals surface area contributed by atoms with Crippen molar-refractivity contribution >= 4 is 71.7 Å². The Bertz CT molecular complexity index is 2690. The van der Waals surface area contributed by atoms with E-state index in [1.54, 1.807) is 0 Å². The van der Waals surface area contributed by atoms with Crippen LogP contribution in [0.1, 0.15) is 0 Å². The highest BCUT2D eigenvalue weighted by Gasteiger charge is 2.38. The predicted octanol–water partition coefficient (Wildman–Crippen LogP) is 12.1. The molecule has 0 fully saturated rings. The molecule has 2 aliphatic rings. The van der Waals surface area contributed by atoms with Gasteiger partial charge in [-0.05, 0) is 60.7 Å². The molecule has 0 radical (unpaired) electrons. The molecule has 2 aromatic heterocycles. The molecule has 0 amide bonds. The van der Waals surface area contributed by atoms with Crippen LogP contribution in [0.3, 0.4) is 0 Å². The van der Waals surface area contributed by atoms with E-state index in [-0.39, 0.29) is 0 Å². The average molecular weight is 623 g/mol. The van der Waals surface area contributed by atoms with E-state index in [2.05, 4.69) is 161 Å². The van der Waals surface area contributed by atoms with Gasteiger partial charge in [0.25, 0.3) is 0 Å². The normalized spacial score (nSPS) is 15.1. The largest absolute Gasteiger partial charge is 0.455 e. The van der Waals surface area contributed by atoms with Crippen molar-refractivity contribution in [2.24, 2.45) is 0 Å². The van der Waals surface area contributed by atoms with Crippen LogP contribution in [0.2, 0.25) is 0 Å². The molecule has 0 bridgehead atoms. The molecular weight excluding hydrogens is 597 g/mol. The number of rotatable bonds is 3. The monoisotopic (exact) mass is 622 g/mol. The Morgan fingerprint density at radius 1 is 0.511 bits per heavy atom. The van der Waals surface area contributed by atoms with Gasteiger partial charge < -0.3 is 18.6 Å². The molecule has 47 heavy (non-hydrogen) atoms. The number of para-hydroxylation sites is 5. The number of hydrogen-bond donors (Lipinski definition) is 1. The van der Waals surface area contributed by atoms with Crippen molar-refractivity contribution in [1.29, 1.82) is 0 Å². The minimum Gasteiger partial charge on any atom is -0.455 e. The average Bonchev–Trinajstić information content (AvgIpc) is 3.67. The maximum atomic E-state index is 6.90. The Hall–Kier alpha value is -5.91. The second-order valence-electron chi connectivity index (χ2n) is 12.2. The van der Waals surface area contributed by atoms with Gasteiger partial charge >= 0.3 is 0 Å². The van der Waals surface area contributed by atoms with E-state index in [4.69, 9.17) is 9.15 Å². The summed E-state index contributed by atoms with van der Waals surface area (Å²) < 4.78 is 16.2. The Labute approximate surface area is 273 Å². The number of anilines is 3. The van der Waals surface area contributed by atoms with Crippen molar-refractivity contribution in [3.8, 4) is 17.2 Å². The maximum absolute atomic E-state index is 6.90. The first-order valence-corrected chi connectivity index (χ1v) is 17.2. The van der Waals surface area contributed by atoms with Crippen LogP contribution in [-0.2, 0) is 0 Å². The van der Waals surface area contributed by atoms with Crippen LogP contribution in [0.25, 0.3) is 49.4 Å². The van der Waals surface area contributed by atoms with Gasteiger partial charge in [0.2, 0.25) is 0 Å². The minimum absolute atomic E-state index is 0.892. The fraction of sp³-hybridized carbons (Fsp3) is 0. The molecular formula is C42H26N2O2S. The second-order valence-corrected chi connectivity index (χ2v) is 14.2. The number of furan rings is 1. The summed E-state index contributed by atoms with van der Waals surface area (Å²) in [7, 11) is -1.01.